The smallest absolute Gasteiger partial charge is 0.246 e. The van der Waals surface area contributed by atoms with Gasteiger partial charge in [-0.25, -0.2) is 8.78 Å². The van der Waals surface area contributed by atoms with E-state index >= 15 is 0 Å². The zero-order valence-corrected chi connectivity index (χ0v) is 16.8. The number of benzene rings is 1. The number of hydrogen-bond donors (Lipinski definition) is 0. The van der Waals surface area contributed by atoms with E-state index in [1.807, 2.05) is 4.90 Å². The minimum atomic E-state index is -0.944. The van der Waals surface area contributed by atoms with Crippen LogP contribution in [-0.4, -0.2) is 72.3 Å². The molecule has 0 bridgehead atoms. The van der Waals surface area contributed by atoms with E-state index in [0.29, 0.717) is 31.6 Å². The van der Waals surface area contributed by atoms with Gasteiger partial charge in [-0.2, -0.15) is 0 Å². The summed E-state index contributed by atoms with van der Waals surface area (Å²) in [5.74, 6) is -2.00. The van der Waals surface area contributed by atoms with Gasteiger partial charge in [0.25, 0.3) is 0 Å². The Morgan fingerprint density at radius 1 is 0.966 bits per heavy atom. The average molecular weight is 405 g/mol. The van der Waals surface area contributed by atoms with E-state index in [0.717, 1.165) is 44.7 Å². The van der Waals surface area contributed by atoms with Gasteiger partial charge >= 0.3 is 0 Å². The minimum absolute atomic E-state index is 0.0866. The molecule has 2 aliphatic rings. The Balaban J connectivity index is 1.47. The fraction of sp³-hybridized carbons (Fsp3) is 0.545. The Hall–Kier alpha value is -2.28. The molecule has 0 radical (unpaired) electrons. The van der Waals surface area contributed by atoms with E-state index in [9.17, 15) is 18.4 Å². The van der Waals surface area contributed by atoms with Crippen LogP contribution in [0.3, 0.4) is 0 Å². The van der Waals surface area contributed by atoms with Crippen LogP contribution in [0.1, 0.15) is 37.7 Å². The van der Waals surface area contributed by atoms with E-state index in [-0.39, 0.29) is 11.8 Å². The maximum absolute atomic E-state index is 13.3. The summed E-state index contributed by atoms with van der Waals surface area (Å²) in [4.78, 5) is 30.8. The molecule has 29 heavy (non-hydrogen) atoms. The van der Waals surface area contributed by atoms with Gasteiger partial charge in [-0.3, -0.25) is 9.59 Å². The summed E-state index contributed by atoms with van der Waals surface area (Å²) in [5, 5.41) is 0. The predicted molar refractivity (Wildman–Crippen MR) is 108 cm³/mol. The number of carbonyl (C=O) groups is 2. The Kier molecular flexibility index (Phi) is 7.75. The fourth-order valence-corrected chi connectivity index (χ4v) is 3.88. The zero-order chi connectivity index (χ0) is 20.6. The second kappa shape index (κ2) is 10.5. The Morgan fingerprint density at radius 2 is 1.76 bits per heavy atom. The van der Waals surface area contributed by atoms with Crippen LogP contribution in [-0.2, 0) is 9.59 Å². The van der Waals surface area contributed by atoms with Crippen molar-refractivity contribution in [3.05, 3.63) is 41.5 Å². The third kappa shape index (κ3) is 6.35. The molecule has 2 fully saturated rings. The van der Waals surface area contributed by atoms with Crippen LogP contribution >= 0.6 is 0 Å². The normalized spacial score (nSPS) is 19.0. The van der Waals surface area contributed by atoms with Gasteiger partial charge in [-0.15, -0.1) is 0 Å². The highest BCUT2D eigenvalue weighted by Crippen LogP contribution is 2.12. The van der Waals surface area contributed by atoms with Crippen molar-refractivity contribution in [3.63, 3.8) is 0 Å². The second-order valence-corrected chi connectivity index (χ2v) is 7.72. The summed E-state index contributed by atoms with van der Waals surface area (Å²) in [7, 11) is 0. The van der Waals surface area contributed by atoms with Gasteiger partial charge in [-0.05, 0) is 62.7 Å². The number of carbonyl (C=O) groups excluding carboxylic acids is 2. The molecule has 2 heterocycles. The van der Waals surface area contributed by atoms with Crippen molar-refractivity contribution in [3.8, 4) is 0 Å². The van der Waals surface area contributed by atoms with Crippen LogP contribution < -0.4 is 0 Å². The van der Waals surface area contributed by atoms with E-state index in [4.69, 9.17) is 0 Å². The van der Waals surface area contributed by atoms with Crippen LogP contribution in [0.2, 0.25) is 0 Å². The summed E-state index contributed by atoms with van der Waals surface area (Å²) in [6.07, 6.45) is 7.92. The molecule has 0 saturated carbocycles. The summed E-state index contributed by atoms with van der Waals surface area (Å²) in [6.45, 7) is 5.44. The number of piperidine rings is 1. The van der Waals surface area contributed by atoms with E-state index in [1.54, 1.807) is 4.90 Å². The monoisotopic (exact) mass is 405 g/mol. The lowest BCUT2D eigenvalue weighted by Gasteiger charge is -2.28. The molecule has 0 unspecified atom stereocenters. The highest BCUT2D eigenvalue weighted by Gasteiger charge is 2.22. The molecular weight excluding hydrogens is 376 g/mol. The molecule has 158 valence electrons. The zero-order valence-electron chi connectivity index (χ0n) is 16.8. The summed E-state index contributed by atoms with van der Waals surface area (Å²) in [6, 6.07) is 3.50. The van der Waals surface area contributed by atoms with Crippen molar-refractivity contribution < 1.29 is 18.4 Å². The van der Waals surface area contributed by atoms with Gasteiger partial charge in [0.2, 0.25) is 11.8 Å². The quantitative estimate of drug-likeness (QED) is 0.684. The molecular formula is C22H29F2N3O2. The first-order chi connectivity index (χ1) is 14.0. The first kappa shape index (κ1) is 21.4. The first-order valence-corrected chi connectivity index (χ1v) is 10.4. The molecule has 7 heteroatoms. The van der Waals surface area contributed by atoms with Crippen molar-refractivity contribution in [2.75, 3.05) is 45.8 Å². The highest BCUT2D eigenvalue weighted by atomic mass is 19.2. The molecule has 0 aliphatic carbocycles. The van der Waals surface area contributed by atoms with Crippen LogP contribution in [0.15, 0.2) is 24.3 Å². The molecule has 2 aliphatic heterocycles. The highest BCUT2D eigenvalue weighted by molar-refractivity contribution is 5.92. The van der Waals surface area contributed by atoms with Gasteiger partial charge in [0, 0.05) is 38.7 Å². The number of likely N-dealkylation sites (tertiary alicyclic amines) is 1. The summed E-state index contributed by atoms with van der Waals surface area (Å²) in [5.41, 5.74) is 0.419. The topological polar surface area (TPSA) is 43.9 Å². The largest absolute Gasteiger partial charge is 0.341 e. The maximum atomic E-state index is 13.3. The predicted octanol–water partition coefficient (Wildman–Crippen LogP) is 2.91. The van der Waals surface area contributed by atoms with Gasteiger partial charge in [0.1, 0.15) is 0 Å². The fourth-order valence-electron chi connectivity index (χ4n) is 3.88. The van der Waals surface area contributed by atoms with Gasteiger partial charge in [0.15, 0.2) is 11.6 Å². The Bertz CT molecular complexity index is 748. The molecule has 5 nitrogen and oxygen atoms in total. The number of amides is 2. The molecule has 3 rings (SSSR count). The third-order valence-electron chi connectivity index (χ3n) is 5.61. The van der Waals surface area contributed by atoms with Gasteiger partial charge < -0.3 is 14.7 Å². The van der Waals surface area contributed by atoms with Crippen LogP contribution in [0.5, 0.6) is 0 Å². The third-order valence-corrected chi connectivity index (χ3v) is 5.61. The molecule has 1 aromatic rings. The Morgan fingerprint density at radius 3 is 2.52 bits per heavy atom. The van der Waals surface area contributed by atoms with Gasteiger partial charge in [-0.1, -0.05) is 12.5 Å². The second-order valence-electron chi connectivity index (χ2n) is 7.72. The number of nitrogens with zero attached hydrogens (tertiary/aromatic N) is 3. The molecule has 0 N–H and O–H groups in total. The van der Waals surface area contributed by atoms with Crippen LogP contribution in [0.25, 0.3) is 6.08 Å². The van der Waals surface area contributed by atoms with Crippen molar-refractivity contribution in [2.45, 2.75) is 32.1 Å². The van der Waals surface area contributed by atoms with E-state index in [2.05, 4.69) is 4.90 Å². The number of hydrogen-bond acceptors (Lipinski definition) is 3. The number of rotatable bonds is 6. The van der Waals surface area contributed by atoms with E-state index < -0.39 is 11.6 Å². The molecule has 0 spiro atoms. The van der Waals surface area contributed by atoms with Crippen LogP contribution in [0.4, 0.5) is 8.78 Å². The number of halogens is 2. The van der Waals surface area contributed by atoms with Crippen molar-refractivity contribution in [1.29, 1.82) is 0 Å². The molecule has 1 aromatic carbocycles. The molecule has 0 atom stereocenters. The standard InChI is InChI=1S/C22H29F2N3O2/c23-19-7-5-18(17-20(19)24)6-8-21(28)27-14-9-22(29)26(15-16-27)13-4-12-25-10-2-1-3-11-25/h5-8,17H,1-4,9-16H2/b8-6+. The van der Waals surface area contributed by atoms with Crippen LogP contribution in [0, 0.1) is 11.6 Å². The molecule has 2 saturated heterocycles. The Labute approximate surface area is 171 Å². The van der Waals surface area contributed by atoms with E-state index in [1.165, 1.54) is 37.5 Å². The SMILES string of the molecule is O=C(/C=C/c1ccc(F)c(F)c1)N1CCC(=O)N(CCCN2CCCCC2)CC1. The van der Waals surface area contributed by atoms with Crippen molar-refractivity contribution in [2.24, 2.45) is 0 Å². The summed E-state index contributed by atoms with van der Waals surface area (Å²) < 4.78 is 26.3. The first-order valence-electron chi connectivity index (χ1n) is 10.4. The lowest BCUT2D eigenvalue weighted by Crippen LogP contribution is -2.37. The maximum Gasteiger partial charge on any atom is 0.246 e. The average Bonchev–Trinajstić information content (AvgIpc) is 2.91. The van der Waals surface area contributed by atoms with Crippen molar-refractivity contribution >= 4 is 17.9 Å². The lowest BCUT2D eigenvalue weighted by atomic mass is 10.1. The minimum Gasteiger partial charge on any atom is -0.341 e. The molecule has 2 amide bonds. The van der Waals surface area contributed by atoms with Crippen molar-refractivity contribution in [1.82, 2.24) is 14.7 Å². The lowest BCUT2D eigenvalue weighted by molar-refractivity contribution is -0.130. The van der Waals surface area contributed by atoms with Gasteiger partial charge in [0.05, 0.1) is 0 Å². The molecule has 0 aromatic heterocycles. The summed E-state index contributed by atoms with van der Waals surface area (Å²) >= 11 is 0.